The molecule has 1 saturated carbocycles. The van der Waals surface area contributed by atoms with Crippen LogP contribution in [0.4, 0.5) is 16.2 Å². The first-order valence-corrected chi connectivity index (χ1v) is 8.73. The van der Waals surface area contributed by atoms with Crippen LogP contribution in [0.2, 0.25) is 0 Å². The monoisotopic (exact) mass is 345 g/mol. The second-order valence-electron chi connectivity index (χ2n) is 6.48. The molecule has 2 aromatic heterocycles. The lowest BCUT2D eigenvalue weighted by atomic mass is 9.93. The maximum atomic E-state index is 13.1. The molecule has 2 aromatic rings. The molecule has 134 valence electrons. The van der Waals surface area contributed by atoms with Crippen LogP contribution in [-0.2, 0) is 0 Å². The molecule has 0 amide bonds. The van der Waals surface area contributed by atoms with E-state index in [0.29, 0.717) is 11.8 Å². The Balaban J connectivity index is 1.83. The van der Waals surface area contributed by atoms with Crippen molar-refractivity contribution in [3.63, 3.8) is 0 Å². The molecule has 3 N–H and O–H groups in total. The Kier molecular flexibility index (Phi) is 5.75. The number of nitrogens with one attached hydrogen (secondary N) is 2. The van der Waals surface area contributed by atoms with Crippen molar-refractivity contribution in [2.45, 2.75) is 50.9 Å². The van der Waals surface area contributed by atoms with E-state index < -0.39 is 6.17 Å². The number of hydrogen-bond acceptors (Lipinski definition) is 6. The van der Waals surface area contributed by atoms with Gasteiger partial charge >= 0.3 is 0 Å². The van der Waals surface area contributed by atoms with Gasteiger partial charge in [0.15, 0.2) is 0 Å². The third-order valence-corrected chi connectivity index (χ3v) is 4.31. The molecule has 0 aromatic carbocycles. The molecule has 0 saturated heterocycles. The quantitative estimate of drug-likeness (QED) is 0.746. The lowest BCUT2D eigenvalue weighted by molar-refractivity contribution is 0.126. The molecule has 3 rings (SSSR count). The number of alkyl halides is 1. The Labute approximate surface area is 146 Å². The molecule has 7 heteroatoms. The molecule has 6 nitrogen and oxygen atoms in total. The van der Waals surface area contributed by atoms with Crippen molar-refractivity contribution < 1.29 is 9.50 Å². The normalized spacial score (nSPS) is 21.6. The SMILES string of the molecule is C[C@H](F)CNc1ncc(-c2ccccn2)c(NC2CCC(O)CC2)n1. The minimum atomic E-state index is -0.977. The van der Waals surface area contributed by atoms with Crippen LogP contribution in [0.1, 0.15) is 32.6 Å². The van der Waals surface area contributed by atoms with Crippen molar-refractivity contribution in [1.82, 2.24) is 15.0 Å². The predicted molar refractivity (Wildman–Crippen MR) is 96.2 cm³/mol. The standard InChI is InChI=1S/C18H24FN5O/c1-12(19)10-21-18-22-11-15(16-4-2-3-9-20-16)17(24-18)23-13-5-7-14(25)8-6-13/h2-4,9,11-14,25H,5-8,10H2,1H3,(H2,21,22,23,24)/t12-,13?,14?/m0/s1. The highest BCUT2D eigenvalue weighted by molar-refractivity contribution is 5.72. The van der Waals surface area contributed by atoms with Crippen molar-refractivity contribution in [3.8, 4) is 11.3 Å². The van der Waals surface area contributed by atoms with Gasteiger partial charge in [-0.25, -0.2) is 9.37 Å². The summed E-state index contributed by atoms with van der Waals surface area (Å²) in [4.78, 5) is 13.2. The van der Waals surface area contributed by atoms with Crippen LogP contribution < -0.4 is 10.6 Å². The van der Waals surface area contributed by atoms with E-state index in [2.05, 4.69) is 25.6 Å². The average Bonchev–Trinajstić information content (AvgIpc) is 2.63. The van der Waals surface area contributed by atoms with Gasteiger partial charge in [-0.2, -0.15) is 4.98 Å². The van der Waals surface area contributed by atoms with E-state index in [1.807, 2.05) is 18.2 Å². The first-order chi connectivity index (χ1) is 12.1. The highest BCUT2D eigenvalue weighted by Gasteiger charge is 2.21. The first kappa shape index (κ1) is 17.5. The fourth-order valence-corrected chi connectivity index (χ4v) is 2.93. The highest BCUT2D eigenvalue weighted by atomic mass is 19.1. The lowest BCUT2D eigenvalue weighted by Crippen LogP contribution is -2.29. The van der Waals surface area contributed by atoms with Gasteiger partial charge in [-0.05, 0) is 44.7 Å². The summed E-state index contributed by atoms with van der Waals surface area (Å²) in [7, 11) is 0. The number of rotatable bonds is 6. The molecule has 1 aliphatic carbocycles. The summed E-state index contributed by atoms with van der Waals surface area (Å²) in [5.74, 6) is 1.08. The second kappa shape index (κ2) is 8.20. The van der Waals surface area contributed by atoms with E-state index >= 15 is 0 Å². The van der Waals surface area contributed by atoms with Crippen molar-refractivity contribution in [2.75, 3.05) is 17.2 Å². The Morgan fingerprint density at radius 3 is 2.72 bits per heavy atom. The highest BCUT2D eigenvalue weighted by Crippen LogP contribution is 2.28. The van der Waals surface area contributed by atoms with E-state index in [4.69, 9.17) is 0 Å². The van der Waals surface area contributed by atoms with Gasteiger partial charge in [-0.3, -0.25) is 4.98 Å². The van der Waals surface area contributed by atoms with Gasteiger partial charge < -0.3 is 15.7 Å². The van der Waals surface area contributed by atoms with Gasteiger partial charge in [0.05, 0.1) is 17.4 Å². The van der Waals surface area contributed by atoms with E-state index in [9.17, 15) is 9.50 Å². The molecule has 0 aliphatic heterocycles. The molecule has 25 heavy (non-hydrogen) atoms. The number of aromatic nitrogens is 3. The number of aliphatic hydroxyl groups excluding tert-OH is 1. The van der Waals surface area contributed by atoms with Crippen LogP contribution in [0.25, 0.3) is 11.3 Å². The largest absolute Gasteiger partial charge is 0.393 e. The minimum Gasteiger partial charge on any atom is -0.393 e. The Morgan fingerprint density at radius 1 is 1.24 bits per heavy atom. The smallest absolute Gasteiger partial charge is 0.224 e. The van der Waals surface area contributed by atoms with E-state index in [1.54, 1.807) is 12.4 Å². The summed E-state index contributed by atoms with van der Waals surface area (Å²) >= 11 is 0. The summed E-state index contributed by atoms with van der Waals surface area (Å²) in [6.07, 6.45) is 5.59. The van der Waals surface area contributed by atoms with Crippen molar-refractivity contribution in [2.24, 2.45) is 0 Å². The number of pyridine rings is 1. The molecule has 0 radical (unpaired) electrons. The maximum Gasteiger partial charge on any atom is 0.224 e. The predicted octanol–water partition coefficient (Wildman–Crippen LogP) is 3.02. The van der Waals surface area contributed by atoms with Crippen molar-refractivity contribution in [1.29, 1.82) is 0 Å². The van der Waals surface area contributed by atoms with E-state index in [-0.39, 0.29) is 18.7 Å². The summed E-state index contributed by atoms with van der Waals surface area (Å²) in [6.45, 7) is 1.65. The number of anilines is 2. The Hall–Kier alpha value is -2.28. The second-order valence-corrected chi connectivity index (χ2v) is 6.48. The fourth-order valence-electron chi connectivity index (χ4n) is 2.93. The molecule has 0 spiro atoms. The van der Waals surface area contributed by atoms with E-state index in [1.165, 1.54) is 6.92 Å². The Bertz CT molecular complexity index is 674. The van der Waals surface area contributed by atoms with Crippen LogP contribution in [-0.4, -0.2) is 44.9 Å². The molecule has 1 atom stereocenters. The van der Waals surface area contributed by atoms with Crippen molar-refractivity contribution >= 4 is 11.8 Å². The van der Waals surface area contributed by atoms with E-state index in [0.717, 1.165) is 36.9 Å². The summed E-state index contributed by atoms with van der Waals surface area (Å²) in [6, 6.07) is 5.93. The number of halogens is 1. The summed E-state index contributed by atoms with van der Waals surface area (Å²) < 4.78 is 13.1. The molecule has 0 unspecified atom stereocenters. The number of nitrogens with zero attached hydrogens (tertiary/aromatic N) is 3. The van der Waals surface area contributed by atoms with Gasteiger partial charge in [0.25, 0.3) is 0 Å². The summed E-state index contributed by atoms with van der Waals surface area (Å²) in [5.41, 5.74) is 1.59. The van der Waals surface area contributed by atoms with Crippen LogP contribution in [0.15, 0.2) is 30.6 Å². The molecular weight excluding hydrogens is 321 g/mol. The topological polar surface area (TPSA) is 83.0 Å². The fraction of sp³-hybridized carbons (Fsp3) is 0.500. The first-order valence-electron chi connectivity index (χ1n) is 8.73. The molecule has 2 heterocycles. The summed E-state index contributed by atoms with van der Waals surface area (Å²) in [5, 5.41) is 16.1. The lowest BCUT2D eigenvalue weighted by Gasteiger charge is -2.27. The third kappa shape index (κ3) is 4.85. The van der Waals surface area contributed by atoms with Gasteiger partial charge in [0.2, 0.25) is 5.95 Å². The zero-order valence-electron chi connectivity index (χ0n) is 14.3. The zero-order valence-corrected chi connectivity index (χ0v) is 14.3. The average molecular weight is 345 g/mol. The molecular formula is C18H24FN5O. The number of aliphatic hydroxyl groups is 1. The Morgan fingerprint density at radius 2 is 2.04 bits per heavy atom. The number of hydrogen-bond donors (Lipinski definition) is 3. The van der Waals surface area contributed by atoms with Gasteiger partial charge in [-0.1, -0.05) is 6.07 Å². The van der Waals surface area contributed by atoms with Crippen LogP contribution in [0.5, 0.6) is 0 Å². The van der Waals surface area contributed by atoms with Crippen LogP contribution in [0.3, 0.4) is 0 Å². The molecule has 1 fully saturated rings. The van der Waals surface area contributed by atoms with Crippen molar-refractivity contribution in [3.05, 3.63) is 30.6 Å². The molecule has 1 aliphatic rings. The van der Waals surface area contributed by atoms with Gasteiger partial charge in [0, 0.05) is 25.0 Å². The molecule has 0 bridgehead atoms. The van der Waals surface area contributed by atoms with Gasteiger partial charge in [-0.15, -0.1) is 0 Å². The zero-order chi connectivity index (χ0) is 17.6. The van der Waals surface area contributed by atoms with Crippen LogP contribution >= 0.6 is 0 Å². The third-order valence-electron chi connectivity index (χ3n) is 4.31. The van der Waals surface area contributed by atoms with Crippen LogP contribution in [0, 0.1) is 0 Å². The van der Waals surface area contributed by atoms with Gasteiger partial charge in [0.1, 0.15) is 12.0 Å². The maximum absolute atomic E-state index is 13.1. The minimum absolute atomic E-state index is 0.165.